The van der Waals surface area contributed by atoms with Gasteiger partial charge in [-0.1, -0.05) is 12.6 Å². The van der Waals surface area contributed by atoms with E-state index in [1.165, 1.54) is 6.04 Å². The van der Waals surface area contributed by atoms with Gasteiger partial charge >= 0.3 is 0 Å². The summed E-state index contributed by atoms with van der Waals surface area (Å²) < 4.78 is 10.8. The highest BCUT2D eigenvalue weighted by atomic mass is 28.2. The van der Waals surface area contributed by atoms with E-state index in [1.54, 1.807) is 0 Å². The lowest BCUT2D eigenvalue weighted by molar-refractivity contribution is -0.136. The minimum atomic E-state index is 0.0671. The average molecular weight is 176 g/mol. The molecule has 2 nitrogen and oxygen atoms in total. The topological polar surface area (TPSA) is 18.5 Å². The van der Waals surface area contributed by atoms with Crippen LogP contribution in [0.1, 0.15) is 20.3 Å². The van der Waals surface area contributed by atoms with Gasteiger partial charge in [0.1, 0.15) is 0 Å². The quantitative estimate of drug-likeness (QED) is 0.431. The van der Waals surface area contributed by atoms with Crippen LogP contribution in [-0.4, -0.2) is 29.0 Å². The zero-order chi connectivity index (χ0) is 8.53. The third-order valence-electron chi connectivity index (χ3n) is 1.50. The van der Waals surface area contributed by atoms with Gasteiger partial charge in [0.05, 0.1) is 0 Å². The second-order valence-electron chi connectivity index (χ2n) is 2.48. The Kier molecular flexibility index (Phi) is 8.34. The lowest BCUT2D eigenvalue weighted by Gasteiger charge is -2.15. The third-order valence-corrected chi connectivity index (χ3v) is 2.61. The van der Waals surface area contributed by atoms with Crippen molar-refractivity contribution in [3.63, 3.8) is 0 Å². The molecule has 11 heavy (non-hydrogen) atoms. The summed E-state index contributed by atoms with van der Waals surface area (Å²) in [5.41, 5.74) is 0. The van der Waals surface area contributed by atoms with E-state index in [9.17, 15) is 0 Å². The Morgan fingerprint density at radius 1 is 1.18 bits per heavy atom. The highest BCUT2D eigenvalue weighted by molar-refractivity contribution is 6.33. The van der Waals surface area contributed by atoms with Gasteiger partial charge in [-0.15, -0.1) is 0 Å². The van der Waals surface area contributed by atoms with Gasteiger partial charge in [-0.25, -0.2) is 0 Å². The van der Waals surface area contributed by atoms with Gasteiger partial charge in [-0.05, 0) is 20.3 Å². The summed E-state index contributed by atoms with van der Waals surface area (Å²) in [6.45, 7) is 7.85. The van der Waals surface area contributed by atoms with Crippen molar-refractivity contribution in [2.45, 2.75) is 39.1 Å². The van der Waals surface area contributed by atoms with E-state index in [-0.39, 0.29) is 15.8 Å². The van der Waals surface area contributed by atoms with E-state index in [4.69, 9.17) is 9.47 Å². The van der Waals surface area contributed by atoms with Crippen molar-refractivity contribution in [2.24, 2.45) is 0 Å². The predicted octanol–water partition coefficient (Wildman–Crippen LogP) is 1.41. The van der Waals surface area contributed by atoms with Crippen LogP contribution in [0.3, 0.4) is 0 Å². The Hall–Kier alpha value is 0.137. The fourth-order valence-electron chi connectivity index (χ4n) is 0.957. The van der Waals surface area contributed by atoms with Crippen LogP contribution in [0.15, 0.2) is 0 Å². The minimum absolute atomic E-state index is 0.0671. The molecule has 0 aromatic carbocycles. The minimum Gasteiger partial charge on any atom is -0.353 e. The first-order chi connectivity index (χ1) is 5.35. The molecule has 0 saturated heterocycles. The predicted molar refractivity (Wildman–Crippen MR) is 50.9 cm³/mol. The Bertz CT molecular complexity index is 72.5. The number of rotatable bonds is 7. The third kappa shape index (κ3) is 6.53. The van der Waals surface area contributed by atoms with Gasteiger partial charge in [0, 0.05) is 22.7 Å². The summed E-state index contributed by atoms with van der Waals surface area (Å²) >= 11 is 0. The summed E-state index contributed by atoms with van der Waals surface area (Å²) in [7, 11) is 0.177. The summed E-state index contributed by atoms with van der Waals surface area (Å²) in [5.74, 6) is 0. The molecular weight excluding hydrogens is 156 g/mol. The lowest BCUT2D eigenvalue weighted by atomic mass is 10.4. The van der Waals surface area contributed by atoms with Gasteiger partial charge in [-0.2, -0.15) is 0 Å². The van der Waals surface area contributed by atoms with E-state index in [1.807, 2.05) is 13.8 Å². The van der Waals surface area contributed by atoms with Crippen molar-refractivity contribution in [1.29, 1.82) is 0 Å². The molecule has 0 heterocycles. The van der Waals surface area contributed by atoms with Crippen LogP contribution in [0, 0.1) is 0 Å². The van der Waals surface area contributed by atoms with Crippen LogP contribution in [0.5, 0.6) is 0 Å². The molecular formula is C8H20O2Si. The molecule has 0 atom stereocenters. The summed E-state index contributed by atoms with van der Waals surface area (Å²) in [4.78, 5) is 0. The van der Waals surface area contributed by atoms with E-state index in [0.717, 1.165) is 19.6 Å². The zero-order valence-electron chi connectivity index (χ0n) is 7.93. The van der Waals surface area contributed by atoms with Crippen molar-refractivity contribution in [1.82, 2.24) is 0 Å². The van der Waals surface area contributed by atoms with E-state index < -0.39 is 0 Å². The normalized spacial score (nSPS) is 12.0. The molecule has 0 N–H and O–H groups in total. The van der Waals surface area contributed by atoms with Crippen molar-refractivity contribution in [3.05, 3.63) is 0 Å². The first-order valence-corrected chi connectivity index (χ1v) is 6.99. The molecule has 0 bridgehead atoms. The van der Waals surface area contributed by atoms with Crippen LogP contribution in [0.25, 0.3) is 0 Å². The molecule has 0 spiro atoms. The molecule has 0 fully saturated rings. The zero-order valence-corrected chi connectivity index (χ0v) is 9.34. The van der Waals surface area contributed by atoms with E-state index >= 15 is 0 Å². The smallest absolute Gasteiger partial charge is 0.157 e. The second-order valence-corrected chi connectivity index (χ2v) is 4.19. The summed E-state index contributed by atoms with van der Waals surface area (Å²) in [6.07, 6.45) is 1.15. The van der Waals surface area contributed by atoms with Gasteiger partial charge in [0.2, 0.25) is 0 Å². The van der Waals surface area contributed by atoms with Gasteiger partial charge < -0.3 is 9.47 Å². The Balaban J connectivity index is 3.34. The Morgan fingerprint density at radius 3 is 2.09 bits per heavy atom. The Labute approximate surface area is 72.1 Å². The van der Waals surface area contributed by atoms with Crippen LogP contribution < -0.4 is 0 Å². The molecule has 3 heteroatoms. The largest absolute Gasteiger partial charge is 0.353 e. The van der Waals surface area contributed by atoms with Crippen LogP contribution in [-0.2, 0) is 9.47 Å². The molecule has 0 unspecified atom stereocenters. The molecule has 0 aromatic heterocycles. The van der Waals surface area contributed by atoms with Crippen LogP contribution in [0.2, 0.25) is 12.6 Å². The second kappa shape index (κ2) is 8.24. The highest BCUT2D eigenvalue weighted by Crippen LogP contribution is 2.03. The van der Waals surface area contributed by atoms with Gasteiger partial charge in [-0.3, -0.25) is 0 Å². The molecule has 68 valence electrons. The molecule has 0 aromatic rings. The molecule has 0 aliphatic rings. The van der Waals surface area contributed by atoms with Crippen molar-refractivity contribution < 1.29 is 9.47 Å². The summed E-state index contributed by atoms with van der Waals surface area (Å²) in [6, 6.07) is 1.32. The first kappa shape index (κ1) is 11.1. The van der Waals surface area contributed by atoms with Crippen LogP contribution >= 0.6 is 0 Å². The highest BCUT2D eigenvalue weighted by Gasteiger charge is 2.05. The SMILES string of the molecule is CCOC(CC[SiH2]C)OCC. The fraction of sp³-hybridized carbons (Fsp3) is 1.00. The fourth-order valence-corrected chi connectivity index (χ4v) is 1.70. The lowest BCUT2D eigenvalue weighted by Crippen LogP contribution is -2.17. The standard InChI is InChI=1S/C8H20O2Si/c1-4-9-8(10-5-2)6-7-11-3/h8H,4-7,11H2,1-3H3. The monoisotopic (exact) mass is 176 g/mol. The van der Waals surface area contributed by atoms with Crippen LogP contribution in [0.4, 0.5) is 0 Å². The first-order valence-electron chi connectivity index (χ1n) is 4.58. The molecule has 0 saturated carbocycles. The van der Waals surface area contributed by atoms with E-state index in [2.05, 4.69) is 6.55 Å². The number of hydrogen-bond donors (Lipinski definition) is 0. The maximum absolute atomic E-state index is 5.38. The molecule has 0 aliphatic carbocycles. The molecule has 0 rings (SSSR count). The van der Waals surface area contributed by atoms with Crippen molar-refractivity contribution in [2.75, 3.05) is 13.2 Å². The van der Waals surface area contributed by atoms with Crippen molar-refractivity contribution >= 4 is 9.52 Å². The summed E-state index contributed by atoms with van der Waals surface area (Å²) in [5, 5.41) is 0. The molecule has 0 aliphatic heterocycles. The van der Waals surface area contributed by atoms with E-state index in [0.29, 0.717) is 0 Å². The Morgan fingerprint density at radius 2 is 1.73 bits per heavy atom. The maximum Gasteiger partial charge on any atom is 0.157 e. The maximum atomic E-state index is 5.38. The van der Waals surface area contributed by atoms with Gasteiger partial charge in [0.15, 0.2) is 6.29 Å². The van der Waals surface area contributed by atoms with Crippen molar-refractivity contribution in [3.8, 4) is 0 Å². The van der Waals surface area contributed by atoms with Gasteiger partial charge in [0.25, 0.3) is 0 Å². The molecule has 0 radical (unpaired) electrons. The molecule has 0 amide bonds. The number of hydrogen-bond acceptors (Lipinski definition) is 2. The average Bonchev–Trinajstić information content (AvgIpc) is 2.01. The number of ether oxygens (including phenoxy) is 2.